The van der Waals surface area contributed by atoms with Crippen molar-refractivity contribution < 1.29 is 0 Å². The molecule has 0 radical (unpaired) electrons. The summed E-state index contributed by atoms with van der Waals surface area (Å²) >= 11 is 0. The van der Waals surface area contributed by atoms with E-state index in [0.717, 1.165) is 5.69 Å². The Morgan fingerprint density at radius 3 is 2.94 bits per heavy atom. The summed E-state index contributed by atoms with van der Waals surface area (Å²) in [5.74, 6) is 0. The highest BCUT2D eigenvalue weighted by Gasteiger charge is 2.27. The minimum atomic E-state index is 0.498. The first-order valence-corrected chi connectivity index (χ1v) is 6.24. The summed E-state index contributed by atoms with van der Waals surface area (Å²) in [5, 5.41) is 3.64. The molecule has 1 unspecified atom stereocenters. The third-order valence-electron chi connectivity index (χ3n) is 3.47. The summed E-state index contributed by atoms with van der Waals surface area (Å²) in [4.78, 5) is 4.22. The molecule has 1 saturated carbocycles. The SMILES string of the molecule is Cc1cc(NC2CCCC(C)(C)C2)ccn1. The lowest BCUT2D eigenvalue weighted by atomic mass is 9.75. The number of rotatable bonds is 2. The Kier molecular flexibility index (Phi) is 3.17. The molecule has 1 aromatic heterocycles. The second-order valence-corrected chi connectivity index (χ2v) is 5.79. The Bertz CT molecular complexity index is 358. The number of nitrogens with zero attached hydrogens (tertiary/aromatic N) is 1. The number of hydrogen-bond donors (Lipinski definition) is 1. The van der Waals surface area contributed by atoms with E-state index < -0.39 is 0 Å². The first-order chi connectivity index (χ1) is 7.55. The van der Waals surface area contributed by atoms with Gasteiger partial charge in [-0.05, 0) is 43.7 Å². The molecule has 2 heteroatoms. The van der Waals surface area contributed by atoms with E-state index in [9.17, 15) is 0 Å². The van der Waals surface area contributed by atoms with Crippen LogP contribution in [-0.4, -0.2) is 11.0 Å². The van der Waals surface area contributed by atoms with Crippen molar-refractivity contribution in [2.45, 2.75) is 52.5 Å². The van der Waals surface area contributed by atoms with Gasteiger partial charge in [-0.2, -0.15) is 0 Å². The van der Waals surface area contributed by atoms with Crippen LogP contribution in [0.15, 0.2) is 18.3 Å². The predicted octanol–water partition coefficient (Wildman–Crippen LogP) is 3.77. The van der Waals surface area contributed by atoms with E-state index in [1.54, 1.807) is 0 Å². The van der Waals surface area contributed by atoms with Gasteiger partial charge < -0.3 is 5.32 Å². The molecule has 0 aliphatic heterocycles. The molecule has 2 rings (SSSR count). The number of aryl methyl sites for hydroxylation is 1. The molecule has 1 aliphatic carbocycles. The molecule has 0 bridgehead atoms. The molecule has 0 aromatic carbocycles. The summed E-state index contributed by atoms with van der Waals surface area (Å²) < 4.78 is 0. The van der Waals surface area contributed by atoms with E-state index in [0.29, 0.717) is 11.5 Å². The second kappa shape index (κ2) is 4.44. The third kappa shape index (κ3) is 2.97. The Morgan fingerprint density at radius 2 is 2.25 bits per heavy atom. The molecule has 0 spiro atoms. The van der Waals surface area contributed by atoms with Crippen LogP contribution in [-0.2, 0) is 0 Å². The van der Waals surface area contributed by atoms with Gasteiger partial charge in [0.1, 0.15) is 0 Å². The largest absolute Gasteiger partial charge is 0.382 e. The normalized spacial score (nSPS) is 24.1. The second-order valence-electron chi connectivity index (χ2n) is 5.79. The van der Waals surface area contributed by atoms with Gasteiger partial charge in [-0.15, -0.1) is 0 Å². The molecule has 0 saturated heterocycles. The van der Waals surface area contributed by atoms with E-state index in [-0.39, 0.29) is 0 Å². The molecule has 1 N–H and O–H groups in total. The van der Waals surface area contributed by atoms with Gasteiger partial charge in [-0.1, -0.05) is 20.3 Å². The number of aromatic nitrogens is 1. The van der Waals surface area contributed by atoms with E-state index in [1.165, 1.54) is 31.4 Å². The van der Waals surface area contributed by atoms with E-state index in [1.807, 2.05) is 13.1 Å². The molecule has 0 amide bonds. The van der Waals surface area contributed by atoms with Crippen LogP contribution >= 0.6 is 0 Å². The Hall–Kier alpha value is -1.05. The zero-order valence-corrected chi connectivity index (χ0v) is 10.6. The number of anilines is 1. The maximum atomic E-state index is 4.22. The first-order valence-electron chi connectivity index (χ1n) is 6.24. The minimum Gasteiger partial charge on any atom is -0.382 e. The highest BCUT2D eigenvalue weighted by Crippen LogP contribution is 2.36. The van der Waals surface area contributed by atoms with Crippen molar-refractivity contribution in [1.29, 1.82) is 0 Å². The summed E-state index contributed by atoms with van der Waals surface area (Å²) in [6.07, 6.45) is 7.15. The lowest BCUT2D eigenvalue weighted by Gasteiger charge is -2.36. The lowest BCUT2D eigenvalue weighted by Crippen LogP contribution is -2.31. The fraction of sp³-hybridized carbons (Fsp3) is 0.643. The average Bonchev–Trinajstić information content (AvgIpc) is 2.15. The quantitative estimate of drug-likeness (QED) is 0.817. The van der Waals surface area contributed by atoms with Gasteiger partial charge in [0.15, 0.2) is 0 Å². The van der Waals surface area contributed by atoms with Gasteiger partial charge in [0.2, 0.25) is 0 Å². The topological polar surface area (TPSA) is 24.9 Å². The van der Waals surface area contributed by atoms with Crippen molar-refractivity contribution in [1.82, 2.24) is 4.98 Å². The van der Waals surface area contributed by atoms with Crippen LogP contribution in [0.1, 0.15) is 45.2 Å². The molecule has 1 aliphatic rings. The Labute approximate surface area is 98.5 Å². The van der Waals surface area contributed by atoms with E-state index in [2.05, 4.69) is 36.3 Å². The van der Waals surface area contributed by atoms with Crippen LogP contribution in [0.2, 0.25) is 0 Å². The van der Waals surface area contributed by atoms with E-state index in [4.69, 9.17) is 0 Å². The summed E-state index contributed by atoms with van der Waals surface area (Å²) in [6.45, 7) is 6.78. The Balaban J connectivity index is 1.99. The third-order valence-corrected chi connectivity index (χ3v) is 3.47. The zero-order valence-electron chi connectivity index (χ0n) is 10.6. The smallest absolute Gasteiger partial charge is 0.0393 e. The van der Waals surface area contributed by atoms with Crippen molar-refractivity contribution in [2.24, 2.45) is 5.41 Å². The average molecular weight is 218 g/mol. The van der Waals surface area contributed by atoms with Crippen molar-refractivity contribution in [3.63, 3.8) is 0 Å². The zero-order chi connectivity index (χ0) is 11.6. The van der Waals surface area contributed by atoms with Gasteiger partial charge in [-0.25, -0.2) is 0 Å². The van der Waals surface area contributed by atoms with Crippen LogP contribution in [0.4, 0.5) is 5.69 Å². The summed E-state index contributed by atoms with van der Waals surface area (Å²) in [7, 11) is 0. The molecule has 16 heavy (non-hydrogen) atoms. The highest BCUT2D eigenvalue weighted by molar-refractivity contribution is 5.44. The van der Waals surface area contributed by atoms with Crippen molar-refractivity contribution in [2.75, 3.05) is 5.32 Å². The standard InChI is InChI=1S/C14H22N2/c1-11-9-12(6-8-15-11)16-13-5-4-7-14(2,3)10-13/h6,8-9,13H,4-5,7,10H2,1-3H3,(H,15,16). The van der Waals surface area contributed by atoms with Gasteiger partial charge in [0, 0.05) is 23.6 Å². The maximum Gasteiger partial charge on any atom is 0.0393 e. The fourth-order valence-corrected chi connectivity index (χ4v) is 2.69. The van der Waals surface area contributed by atoms with Crippen LogP contribution in [0, 0.1) is 12.3 Å². The minimum absolute atomic E-state index is 0.498. The molecular weight excluding hydrogens is 196 g/mol. The summed E-state index contributed by atoms with van der Waals surface area (Å²) in [5.41, 5.74) is 2.80. The predicted molar refractivity (Wildman–Crippen MR) is 68.6 cm³/mol. The van der Waals surface area contributed by atoms with Crippen LogP contribution in [0.3, 0.4) is 0 Å². The Morgan fingerprint density at radius 1 is 1.44 bits per heavy atom. The fourth-order valence-electron chi connectivity index (χ4n) is 2.69. The van der Waals surface area contributed by atoms with Crippen molar-refractivity contribution in [3.8, 4) is 0 Å². The van der Waals surface area contributed by atoms with Crippen LogP contribution in [0.25, 0.3) is 0 Å². The van der Waals surface area contributed by atoms with Gasteiger partial charge in [-0.3, -0.25) is 4.98 Å². The van der Waals surface area contributed by atoms with Gasteiger partial charge >= 0.3 is 0 Å². The highest BCUT2D eigenvalue weighted by atomic mass is 14.9. The number of nitrogens with one attached hydrogen (secondary N) is 1. The van der Waals surface area contributed by atoms with E-state index >= 15 is 0 Å². The molecule has 88 valence electrons. The van der Waals surface area contributed by atoms with Gasteiger partial charge in [0.05, 0.1) is 0 Å². The summed E-state index contributed by atoms with van der Waals surface area (Å²) in [6, 6.07) is 4.82. The molecule has 1 atom stereocenters. The monoisotopic (exact) mass is 218 g/mol. The van der Waals surface area contributed by atoms with Crippen LogP contribution in [0.5, 0.6) is 0 Å². The maximum absolute atomic E-state index is 4.22. The van der Waals surface area contributed by atoms with Crippen molar-refractivity contribution in [3.05, 3.63) is 24.0 Å². The van der Waals surface area contributed by atoms with Crippen LogP contribution < -0.4 is 5.32 Å². The number of hydrogen-bond acceptors (Lipinski definition) is 2. The molecule has 1 fully saturated rings. The van der Waals surface area contributed by atoms with Crippen molar-refractivity contribution >= 4 is 5.69 Å². The molecule has 1 heterocycles. The molecule has 2 nitrogen and oxygen atoms in total. The van der Waals surface area contributed by atoms with Gasteiger partial charge in [0.25, 0.3) is 0 Å². The molecule has 1 aromatic rings. The molecular formula is C14H22N2. The lowest BCUT2D eigenvalue weighted by molar-refractivity contribution is 0.229. The number of pyridine rings is 1. The first kappa shape index (κ1) is 11.4.